The van der Waals surface area contributed by atoms with E-state index in [0.29, 0.717) is 11.7 Å². The van der Waals surface area contributed by atoms with Crippen molar-refractivity contribution in [3.63, 3.8) is 0 Å². The van der Waals surface area contributed by atoms with Gasteiger partial charge in [-0.1, -0.05) is 0 Å². The number of anilines is 1. The highest BCUT2D eigenvalue weighted by Crippen LogP contribution is 2.11. The van der Waals surface area contributed by atoms with Crippen molar-refractivity contribution >= 4 is 27.6 Å². The zero-order valence-electron chi connectivity index (χ0n) is 8.55. The highest BCUT2D eigenvalue weighted by molar-refractivity contribution is 9.10. The summed E-state index contributed by atoms with van der Waals surface area (Å²) in [4.78, 5) is 4.12. The smallest absolute Gasteiger partial charge is 0.166 e. The topological polar surface area (TPSA) is 88.4 Å². The van der Waals surface area contributed by atoms with Crippen molar-refractivity contribution in [2.75, 3.05) is 5.43 Å². The number of aromatic nitrogens is 1. The molecule has 1 aliphatic rings. The molecule has 0 spiro atoms. The van der Waals surface area contributed by atoms with Crippen LogP contribution in [0.1, 0.15) is 0 Å². The molecule has 86 valence electrons. The third-order valence-corrected chi connectivity index (χ3v) is 2.23. The summed E-state index contributed by atoms with van der Waals surface area (Å²) in [5.41, 5.74) is 8.39. The highest BCUT2D eigenvalue weighted by atomic mass is 79.9. The molecule has 0 fully saturated rings. The molecule has 7 nitrogen and oxygen atoms in total. The minimum absolute atomic E-state index is 0.524. The van der Waals surface area contributed by atoms with E-state index in [9.17, 15) is 0 Å². The summed E-state index contributed by atoms with van der Waals surface area (Å²) in [5, 5.41) is 13.8. The van der Waals surface area contributed by atoms with E-state index in [4.69, 9.17) is 5.26 Å². The van der Waals surface area contributed by atoms with Gasteiger partial charge in [-0.2, -0.15) is 5.26 Å². The number of rotatable bonds is 3. The molecule has 0 aromatic carbocycles. The Hall–Kier alpha value is -2.11. The average Bonchev–Trinajstić information content (AvgIpc) is 2.77. The molecule has 0 bridgehead atoms. The Bertz CT molecular complexity index is 487. The lowest BCUT2D eigenvalue weighted by molar-refractivity contribution is 0.254. The van der Waals surface area contributed by atoms with E-state index in [1.807, 2.05) is 12.1 Å². The Kier molecular flexibility index (Phi) is 3.54. The van der Waals surface area contributed by atoms with Gasteiger partial charge in [-0.05, 0) is 34.1 Å². The van der Waals surface area contributed by atoms with Gasteiger partial charge in [0.05, 0.1) is 6.07 Å². The molecule has 17 heavy (non-hydrogen) atoms. The lowest BCUT2D eigenvalue weighted by Crippen LogP contribution is -2.41. The van der Waals surface area contributed by atoms with E-state index < -0.39 is 0 Å². The minimum Gasteiger partial charge on any atom is -0.283 e. The van der Waals surface area contributed by atoms with Crippen molar-refractivity contribution in [1.29, 1.82) is 5.26 Å². The molecule has 0 atom stereocenters. The first-order valence-corrected chi connectivity index (χ1v) is 5.42. The Labute approximate surface area is 106 Å². The molecule has 0 unspecified atom stereocenters. The minimum atomic E-state index is 0.524. The first-order chi connectivity index (χ1) is 8.28. The predicted octanol–water partition coefficient (Wildman–Crippen LogP) is 0.889. The fourth-order valence-electron chi connectivity index (χ4n) is 1.06. The van der Waals surface area contributed by atoms with Crippen molar-refractivity contribution in [3.8, 4) is 6.07 Å². The quantitative estimate of drug-likeness (QED) is 0.718. The monoisotopic (exact) mass is 293 g/mol. The van der Waals surface area contributed by atoms with E-state index in [2.05, 4.69) is 42.4 Å². The lowest BCUT2D eigenvalue weighted by atomic mass is 10.5. The van der Waals surface area contributed by atoms with Gasteiger partial charge in [-0.25, -0.2) is 10.4 Å². The molecule has 0 radical (unpaired) electrons. The van der Waals surface area contributed by atoms with Crippen molar-refractivity contribution in [1.82, 2.24) is 21.2 Å². The van der Waals surface area contributed by atoms with Gasteiger partial charge in [-0.15, -0.1) is 15.9 Å². The van der Waals surface area contributed by atoms with Crippen LogP contribution in [0.4, 0.5) is 5.82 Å². The number of halogens is 1. The zero-order valence-corrected chi connectivity index (χ0v) is 10.1. The summed E-state index contributed by atoms with van der Waals surface area (Å²) in [6.07, 6.45) is 4.55. The van der Waals surface area contributed by atoms with Crippen LogP contribution in [0.15, 0.2) is 40.1 Å². The molecule has 0 saturated carbocycles. The maximum atomic E-state index is 8.37. The summed E-state index contributed by atoms with van der Waals surface area (Å²) in [7, 11) is 0. The number of pyridine rings is 1. The third kappa shape index (κ3) is 3.17. The van der Waals surface area contributed by atoms with Gasteiger partial charge in [0.25, 0.3) is 0 Å². The summed E-state index contributed by atoms with van der Waals surface area (Å²) >= 11 is 3.30. The molecule has 1 aliphatic heterocycles. The fourth-order valence-corrected chi connectivity index (χ4v) is 1.30. The molecule has 2 rings (SSSR count). The molecule has 0 saturated heterocycles. The van der Waals surface area contributed by atoms with Crippen LogP contribution in [-0.2, 0) is 0 Å². The Morgan fingerprint density at radius 3 is 3.12 bits per heavy atom. The number of hydrogen-bond donors (Lipinski definition) is 3. The van der Waals surface area contributed by atoms with Crippen LogP contribution < -0.4 is 16.4 Å². The molecule has 0 aliphatic carbocycles. The summed E-state index contributed by atoms with van der Waals surface area (Å²) in [6, 6.07) is 5.54. The van der Waals surface area contributed by atoms with Gasteiger partial charge < -0.3 is 0 Å². The van der Waals surface area contributed by atoms with E-state index in [1.54, 1.807) is 18.3 Å². The van der Waals surface area contributed by atoms with E-state index in [-0.39, 0.29) is 0 Å². The van der Waals surface area contributed by atoms with Crippen molar-refractivity contribution < 1.29 is 0 Å². The highest BCUT2D eigenvalue weighted by Gasteiger charge is 2.10. The average molecular weight is 294 g/mol. The molecule has 0 amide bonds. The first kappa shape index (κ1) is 11.4. The third-order valence-electron chi connectivity index (χ3n) is 1.76. The summed E-state index contributed by atoms with van der Waals surface area (Å²) in [5.74, 6) is 1.16. The van der Waals surface area contributed by atoms with E-state index in [1.165, 1.54) is 11.3 Å². The predicted molar refractivity (Wildman–Crippen MR) is 65.9 cm³/mol. The zero-order chi connectivity index (χ0) is 12.1. The van der Waals surface area contributed by atoms with Crippen LogP contribution in [0.25, 0.3) is 0 Å². The first-order valence-electron chi connectivity index (χ1n) is 4.63. The van der Waals surface area contributed by atoms with Gasteiger partial charge in [0.1, 0.15) is 5.82 Å². The van der Waals surface area contributed by atoms with Crippen LogP contribution >= 0.6 is 15.9 Å². The number of nitriles is 1. The Morgan fingerprint density at radius 2 is 2.41 bits per heavy atom. The van der Waals surface area contributed by atoms with Gasteiger partial charge in [0, 0.05) is 16.7 Å². The number of amidine groups is 1. The molecule has 1 aromatic rings. The molecule has 1 aromatic heterocycles. The number of allylic oxidation sites excluding steroid dienone is 1. The van der Waals surface area contributed by atoms with Gasteiger partial charge >= 0.3 is 0 Å². The maximum absolute atomic E-state index is 8.37. The standard InChI is InChI=1S/C9H8BrN7/c10-7-3-4-8(12-6-7)14-17-15-9(13-16-17)2-1-5-11/h1-4,6,16H,(H,12,14)(H,13,15). The fraction of sp³-hybridized carbons (Fsp3) is 0. The molecular weight excluding hydrogens is 286 g/mol. The van der Waals surface area contributed by atoms with Crippen molar-refractivity contribution in [3.05, 3.63) is 35.0 Å². The van der Waals surface area contributed by atoms with Gasteiger partial charge in [0.15, 0.2) is 5.84 Å². The number of nitrogens with one attached hydrogen (secondary N) is 3. The van der Waals surface area contributed by atoms with Gasteiger partial charge in [-0.3, -0.25) is 5.43 Å². The second kappa shape index (κ2) is 5.29. The van der Waals surface area contributed by atoms with Gasteiger partial charge in [0.2, 0.25) is 0 Å². The van der Waals surface area contributed by atoms with E-state index in [0.717, 1.165) is 4.47 Å². The molecule has 2 heterocycles. The van der Waals surface area contributed by atoms with E-state index >= 15 is 0 Å². The largest absolute Gasteiger partial charge is 0.283 e. The normalized spacial score (nSPS) is 14.4. The number of nitrogens with zero attached hydrogens (tertiary/aromatic N) is 4. The maximum Gasteiger partial charge on any atom is 0.166 e. The Balaban J connectivity index is 1.97. The second-order valence-electron chi connectivity index (χ2n) is 2.97. The second-order valence-corrected chi connectivity index (χ2v) is 3.89. The molecular formula is C9H8BrN7. The van der Waals surface area contributed by atoms with Crippen molar-refractivity contribution in [2.45, 2.75) is 0 Å². The Morgan fingerprint density at radius 1 is 1.53 bits per heavy atom. The number of hydrogen-bond acceptors (Lipinski definition) is 7. The number of hydrazone groups is 1. The molecule has 3 N–H and O–H groups in total. The number of hydrazine groups is 3. The summed E-state index contributed by atoms with van der Waals surface area (Å²) < 4.78 is 0.900. The van der Waals surface area contributed by atoms with Crippen LogP contribution in [-0.4, -0.2) is 16.0 Å². The molecule has 8 heteroatoms. The van der Waals surface area contributed by atoms with Crippen LogP contribution in [0.5, 0.6) is 0 Å². The van der Waals surface area contributed by atoms with Crippen LogP contribution in [0.3, 0.4) is 0 Å². The lowest BCUT2D eigenvalue weighted by Gasteiger charge is -2.13. The SMILES string of the molecule is N#CC=CC1=NN(Nc2ccc(Br)cn2)NN1. The van der Waals surface area contributed by atoms with Crippen LogP contribution in [0, 0.1) is 11.3 Å². The van der Waals surface area contributed by atoms with Crippen LogP contribution in [0.2, 0.25) is 0 Å². The van der Waals surface area contributed by atoms with Crippen molar-refractivity contribution in [2.24, 2.45) is 5.10 Å². The summed E-state index contributed by atoms with van der Waals surface area (Å²) in [6.45, 7) is 0.